The van der Waals surface area contributed by atoms with Gasteiger partial charge in [0.25, 0.3) is 5.91 Å². The average Bonchev–Trinajstić information content (AvgIpc) is 3.40. The van der Waals surface area contributed by atoms with Gasteiger partial charge in [-0.3, -0.25) is 9.79 Å². The van der Waals surface area contributed by atoms with Crippen LogP contribution in [0.25, 0.3) is 20.5 Å². The molecule has 0 spiro atoms. The Bertz CT molecular complexity index is 1220. The molecule has 0 radical (unpaired) electrons. The number of thiophene rings is 1. The summed E-state index contributed by atoms with van der Waals surface area (Å²) in [5.74, 6) is -0.102. The molecule has 5 heteroatoms. The second-order valence-electron chi connectivity index (χ2n) is 6.89. The van der Waals surface area contributed by atoms with E-state index in [4.69, 9.17) is 0 Å². The summed E-state index contributed by atoms with van der Waals surface area (Å²) in [4.78, 5) is 19.6. The summed E-state index contributed by atoms with van der Waals surface area (Å²) in [7, 11) is 0. The minimum absolute atomic E-state index is 0.102. The number of benzene rings is 3. The van der Waals surface area contributed by atoms with Crippen molar-refractivity contribution in [1.82, 2.24) is 0 Å². The maximum atomic E-state index is 12.8. The van der Waals surface area contributed by atoms with Gasteiger partial charge in [0, 0.05) is 37.5 Å². The van der Waals surface area contributed by atoms with E-state index in [2.05, 4.69) is 46.7 Å². The average molecular weight is 415 g/mol. The fourth-order valence-electron chi connectivity index (χ4n) is 3.57. The van der Waals surface area contributed by atoms with E-state index in [1.54, 1.807) is 23.1 Å². The van der Waals surface area contributed by atoms with E-state index in [-0.39, 0.29) is 5.91 Å². The smallest absolute Gasteiger partial charge is 0.255 e. The molecule has 0 saturated heterocycles. The van der Waals surface area contributed by atoms with Gasteiger partial charge in [-0.25, -0.2) is 0 Å². The van der Waals surface area contributed by atoms with Crippen LogP contribution in [-0.4, -0.2) is 18.4 Å². The van der Waals surface area contributed by atoms with Gasteiger partial charge in [-0.05, 0) is 71.3 Å². The first-order chi connectivity index (χ1) is 14.2. The highest BCUT2D eigenvalue weighted by molar-refractivity contribution is 7.98. The van der Waals surface area contributed by atoms with Crippen LogP contribution in [0.2, 0.25) is 0 Å². The third-order valence-electron chi connectivity index (χ3n) is 5.07. The highest BCUT2D eigenvalue weighted by Crippen LogP contribution is 2.39. The number of nitrogens with one attached hydrogen (secondary N) is 1. The van der Waals surface area contributed by atoms with Gasteiger partial charge in [0.15, 0.2) is 0 Å². The number of hydrogen-bond acceptors (Lipinski definition) is 4. The zero-order chi connectivity index (χ0) is 19.8. The third-order valence-corrected chi connectivity index (χ3v) is 6.96. The first-order valence-corrected chi connectivity index (χ1v) is 11.4. The summed E-state index contributed by atoms with van der Waals surface area (Å²) >= 11 is 3.44. The van der Waals surface area contributed by atoms with Crippen molar-refractivity contribution in [2.24, 2.45) is 4.99 Å². The monoisotopic (exact) mass is 414 g/mol. The number of thioether (sulfide) groups is 1. The molecule has 4 aromatic rings. The molecule has 3 nitrogen and oxygen atoms in total. The Morgan fingerprint density at radius 1 is 1.07 bits per heavy atom. The Morgan fingerprint density at radius 2 is 1.90 bits per heavy atom. The first-order valence-electron chi connectivity index (χ1n) is 9.32. The Balaban J connectivity index is 1.51. The van der Waals surface area contributed by atoms with Crippen LogP contribution in [0.15, 0.2) is 76.6 Å². The van der Waals surface area contributed by atoms with Crippen LogP contribution >= 0.6 is 23.1 Å². The van der Waals surface area contributed by atoms with Crippen molar-refractivity contribution in [2.45, 2.75) is 11.4 Å². The topological polar surface area (TPSA) is 41.5 Å². The van der Waals surface area contributed by atoms with Gasteiger partial charge in [-0.1, -0.05) is 18.2 Å². The number of aliphatic imine (C=N–C) groups is 1. The number of fused-ring (bicyclic) bond motifs is 2. The van der Waals surface area contributed by atoms with Crippen molar-refractivity contribution in [2.75, 3.05) is 11.6 Å². The standard InChI is InChI=1S/C24H18N2OS2/c1-28-19-8-6-15(7-9-19)24(27)26-18-10-17-13-25-14-21(17)20(12-18)23-11-16-4-2-3-5-22(16)29-23/h2-13H,14H2,1H3,(H,26,27). The van der Waals surface area contributed by atoms with Crippen molar-refractivity contribution in [1.29, 1.82) is 0 Å². The first kappa shape index (κ1) is 18.2. The zero-order valence-electron chi connectivity index (χ0n) is 15.8. The second kappa shape index (κ2) is 7.50. The van der Waals surface area contributed by atoms with Crippen LogP contribution in [0, 0.1) is 0 Å². The molecule has 0 bridgehead atoms. The van der Waals surface area contributed by atoms with Gasteiger partial charge >= 0.3 is 0 Å². The molecule has 0 saturated carbocycles. The van der Waals surface area contributed by atoms with Crippen molar-refractivity contribution < 1.29 is 4.79 Å². The van der Waals surface area contributed by atoms with E-state index in [0.29, 0.717) is 12.1 Å². The van der Waals surface area contributed by atoms with E-state index in [1.807, 2.05) is 42.8 Å². The maximum absolute atomic E-state index is 12.8. The Kier molecular flexibility index (Phi) is 4.70. The van der Waals surface area contributed by atoms with Crippen LogP contribution in [0.4, 0.5) is 5.69 Å². The van der Waals surface area contributed by atoms with E-state index in [1.165, 1.54) is 20.5 Å². The minimum atomic E-state index is -0.102. The molecule has 2 heterocycles. The van der Waals surface area contributed by atoms with Gasteiger partial charge in [-0.15, -0.1) is 23.1 Å². The predicted molar refractivity (Wildman–Crippen MR) is 125 cm³/mol. The Hall–Kier alpha value is -2.89. The van der Waals surface area contributed by atoms with E-state index in [9.17, 15) is 4.79 Å². The highest BCUT2D eigenvalue weighted by atomic mass is 32.2. The van der Waals surface area contributed by atoms with Crippen LogP contribution in [-0.2, 0) is 6.54 Å². The molecule has 0 aliphatic carbocycles. The molecule has 1 N–H and O–H groups in total. The lowest BCUT2D eigenvalue weighted by molar-refractivity contribution is 0.102. The fraction of sp³-hybridized carbons (Fsp3) is 0.0833. The number of hydrogen-bond donors (Lipinski definition) is 1. The normalized spacial score (nSPS) is 12.3. The van der Waals surface area contributed by atoms with Crippen LogP contribution in [0.3, 0.4) is 0 Å². The molecule has 29 heavy (non-hydrogen) atoms. The molecule has 1 aromatic heterocycles. The van der Waals surface area contributed by atoms with Gasteiger partial charge < -0.3 is 5.32 Å². The number of rotatable bonds is 4. The quantitative estimate of drug-likeness (QED) is 0.389. The van der Waals surface area contributed by atoms with Gasteiger partial charge in [0.2, 0.25) is 0 Å². The summed E-state index contributed by atoms with van der Waals surface area (Å²) in [5.41, 5.74) is 4.89. The molecular formula is C24H18N2OS2. The van der Waals surface area contributed by atoms with Crippen LogP contribution in [0.5, 0.6) is 0 Å². The summed E-state index contributed by atoms with van der Waals surface area (Å²) in [6.45, 7) is 0.684. The molecule has 0 unspecified atom stereocenters. The number of nitrogens with zero attached hydrogens (tertiary/aromatic N) is 1. The summed E-state index contributed by atoms with van der Waals surface area (Å²) < 4.78 is 1.26. The SMILES string of the molecule is CSc1ccc(C(=O)Nc2cc3c(c(-c4cc5ccccc5s4)c2)CN=C3)cc1. The molecule has 0 fully saturated rings. The lowest BCUT2D eigenvalue weighted by Gasteiger charge is -2.11. The molecule has 142 valence electrons. The minimum Gasteiger partial charge on any atom is -0.322 e. The number of amides is 1. The zero-order valence-corrected chi connectivity index (χ0v) is 17.4. The fourth-order valence-corrected chi connectivity index (χ4v) is 5.09. The van der Waals surface area contributed by atoms with Gasteiger partial charge in [0.05, 0.1) is 6.54 Å². The molecular weight excluding hydrogens is 396 g/mol. The third kappa shape index (κ3) is 3.48. The summed E-state index contributed by atoms with van der Waals surface area (Å²) in [6.07, 6.45) is 3.92. The molecule has 1 aliphatic heterocycles. The van der Waals surface area contributed by atoms with E-state index >= 15 is 0 Å². The van der Waals surface area contributed by atoms with Crippen molar-refractivity contribution >= 4 is 51.0 Å². The van der Waals surface area contributed by atoms with Gasteiger partial charge in [-0.2, -0.15) is 0 Å². The molecule has 0 atom stereocenters. The number of anilines is 1. The molecule has 3 aromatic carbocycles. The second-order valence-corrected chi connectivity index (χ2v) is 8.86. The van der Waals surface area contributed by atoms with Crippen molar-refractivity contribution in [3.63, 3.8) is 0 Å². The van der Waals surface area contributed by atoms with Crippen LogP contribution < -0.4 is 5.32 Å². The molecule has 5 rings (SSSR count). The number of carbonyl (C=O) groups is 1. The Morgan fingerprint density at radius 3 is 2.69 bits per heavy atom. The Labute approximate surface area is 177 Å². The summed E-state index contributed by atoms with van der Waals surface area (Å²) in [5, 5.41) is 4.31. The lowest BCUT2D eigenvalue weighted by Crippen LogP contribution is -2.12. The van der Waals surface area contributed by atoms with Crippen molar-refractivity contribution in [3.8, 4) is 10.4 Å². The number of carbonyl (C=O) groups excluding carboxylic acids is 1. The lowest BCUT2D eigenvalue weighted by atomic mass is 10.00. The molecule has 1 amide bonds. The van der Waals surface area contributed by atoms with E-state index < -0.39 is 0 Å². The van der Waals surface area contributed by atoms with Crippen molar-refractivity contribution in [3.05, 3.63) is 83.4 Å². The summed E-state index contributed by atoms with van der Waals surface area (Å²) in [6, 6.07) is 22.4. The maximum Gasteiger partial charge on any atom is 0.255 e. The molecule has 1 aliphatic rings. The van der Waals surface area contributed by atoms with Crippen LogP contribution in [0.1, 0.15) is 21.5 Å². The van der Waals surface area contributed by atoms with E-state index in [0.717, 1.165) is 21.7 Å². The highest BCUT2D eigenvalue weighted by Gasteiger charge is 2.18. The predicted octanol–water partition coefficient (Wildman–Crippen LogP) is 6.48. The largest absolute Gasteiger partial charge is 0.322 e. The van der Waals surface area contributed by atoms with Gasteiger partial charge in [0.1, 0.15) is 0 Å².